The normalized spacial score (nSPS) is 15.8. The summed E-state index contributed by atoms with van der Waals surface area (Å²) in [5, 5.41) is 1.35. The third-order valence-electron chi connectivity index (χ3n) is 4.48. The predicted molar refractivity (Wildman–Crippen MR) is 107 cm³/mol. The number of carbonyl (C=O) groups is 1. The van der Waals surface area contributed by atoms with Gasteiger partial charge in [-0.3, -0.25) is 14.2 Å². The highest BCUT2D eigenvalue weighted by Crippen LogP contribution is 2.26. The van der Waals surface area contributed by atoms with Crippen molar-refractivity contribution in [3.8, 4) is 0 Å². The summed E-state index contributed by atoms with van der Waals surface area (Å²) in [5.74, 6) is 0.407. The molecule has 140 valence electrons. The molecule has 0 saturated carbocycles. The molecule has 1 aliphatic heterocycles. The molecule has 1 atom stereocenters. The molecular weight excluding hydrogens is 370 g/mol. The van der Waals surface area contributed by atoms with Crippen LogP contribution in [0.5, 0.6) is 0 Å². The Kier molecular flexibility index (Phi) is 5.92. The molecule has 1 aromatic heterocycles. The first kappa shape index (κ1) is 19.2. The van der Waals surface area contributed by atoms with Crippen LogP contribution in [0.4, 0.5) is 0 Å². The number of nitrogens with zero attached hydrogens (tertiary/aromatic N) is 3. The number of benzene rings is 1. The number of halogens is 1. The van der Waals surface area contributed by atoms with Crippen molar-refractivity contribution in [2.45, 2.75) is 50.6 Å². The lowest BCUT2D eigenvalue weighted by atomic mass is 10.2. The minimum absolute atomic E-state index is 0.102. The van der Waals surface area contributed by atoms with Crippen molar-refractivity contribution in [2.24, 2.45) is 5.92 Å². The van der Waals surface area contributed by atoms with Crippen LogP contribution >= 0.6 is 23.4 Å². The number of rotatable bonds is 5. The Labute approximate surface area is 162 Å². The van der Waals surface area contributed by atoms with E-state index in [4.69, 9.17) is 11.6 Å². The molecule has 1 saturated heterocycles. The number of aromatic nitrogens is 2. The van der Waals surface area contributed by atoms with Gasteiger partial charge >= 0.3 is 0 Å². The summed E-state index contributed by atoms with van der Waals surface area (Å²) in [6, 6.07) is 5.16. The maximum absolute atomic E-state index is 13.0. The first-order valence-corrected chi connectivity index (χ1v) is 10.3. The molecule has 2 heterocycles. The molecule has 1 aromatic carbocycles. The van der Waals surface area contributed by atoms with Gasteiger partial charge in [-0.15, -0.1) is 0 Å². The fourth-order valence-electron chi connectivity index (χ4n) is 3.19. The van der Waals surface area contributed by atoms with E-state index < -0.39 is 0 Å². The van der Waals surface area contributed by atoms with Gasteiger partial charge in [0, 0.05) is 24.7 Å². The van der Waals surface area contributed by atoms with Crippen molar-refractivity contribution in [3.63, 3.8) is 0 Å². The molecule has 0 bridgehead atoms. The molecular formula is C19H24ClN3O2S. The van der Waals surface area contributed by atoms with Crippen LogP contribution in [-0.2, 0) is 11.3 Å². The molecule has 2 aromatic rings. The van der Waals surface area contributed by atoms with Gasteiger partial charge in [0.25, 0.3) is 5.56 Å². The van der Waals surface area contributed by atoms with Gasteiger partial charge in [-0.05, 0) is 43.9 Å². The number of amides is 1. The Morgan fingerprint density at radius 2 is 1.96 bits per heavy atom. The fourth-order valence-corrected chi connectivity index (χ4v) is 4.37. The summed E-state index contributed by atoms with van der Waals surface area (Å²) in [6.45, 7) is 8.21. The second-order valence-corrected chi connectivity index (χ2v) is 8.90. The SMILES string of the molecule is CC(C)Cn1c(S[C@H](C)C(=O)N2CCCC2)nc2ccc(Cl)cc2c1=O. The smallest absolute Gasteiger partial charge is 0.262 e. The molecule has 0 unspecified atom stereocenters. The number of hydrogen-bond acceptors (Lipinski definition) is 4. The summed E-state index contributed by atoms with van der Waals surface area (Å²) < 4.78 is 1.68. The highest BCUT2D eigenvalue weighted by molar-refractivity contribution is 8.00. The van der Waals surface area contributed by atoms with Crippen LogP contribution in [0.25, 0.3) is 10.9 Å². The molecule has 1 fully saturated rings. The van der Waals surface area contributed by atoms with E-state index in [9.17, 15) is 9.59 Å². The zero-order chi connectivity index (χ0) is 18.8. The molecule has 0 spiro atoms. The lowest BCUT2D eigenvalue weighted by Gasteiger charge is -2.21. The average Bonchev–Trinajstić information content (AvgIpc) is 3.12. The number of carbonyl (C=O) groups excluding carboxylic acids is 1. The summed E-state index contributed by atoms with van der Waals surface area (Å²) >= 11 is 7.42. The average molecular weight is 394 g/mol. The quantitative estimate of drug-likeness (QED) is 0.572. The van der Waals surface area contributed by atoms with Crippen LogP contribution in [-0.4, -0.2) is 38.7 Å². The first-order valence-electron chi connectivity index (χ1n) is 9.02. The Morgan fingerprint density at radius 3 is 2.62 bits per heavy atom. The second-order valence-electron chi connectivity index (χ2n) is 7.16. The summed E-state index contributed by atoms with van der Waals surface area (Å²) in [4.78, 5) is 32.2. The predicted octanol–water partition coefficient (Wildman–Crippen LogP) is 3.81. The van der Waals surface area contributed by atoms with Gasteiger partial charge in [0.15, 0.2) is 5.16 Å². The van der Waals surface area contributed by atoms with E-state index in [-0.39, 0.29) is 22.6 Å². The van der Waals surface area contributed by atoms with E-state index in [1.165, 1.54) is 11.8 Å². The third-order valence-corrected chi connectivity index (χ3v) is 5.79. The molecule has 1 aliphatic rings. The molecule has 0 N–H and O–H groups in total. The minimum Gasteiger partial charge on any atom is -0.342 e. The summed E-state index contributed by atoms with van der Waals surface area (Å²) in [6.07, 6.45) is 2.13. The van der Waals surface area contributed by atoms with E-state index in [0.717, 1.165) is 25.9 Å². The Balaban J connectivity index is 1.98. The molecule has 0 radical (unpaired) electrons. The number of thioether (sulfide) groups is 1. The lowest BCUT2D eigenvalue weighted by molar-refractivity contribution is -0.129. The van der Waals surface area contributed by atoms with Crippen molar-refractivity contribution in [1.82, 2.24) is 14.5 Å². The van der Waals surface area contributed by atoms with Crippen LogP contribution < -0.4 is 5.56 Å². The number of likely N-dealkylation sites (tertiary alicyclic amines) is 1. The van der Waals surface area contributed by atoms with Crippen LogP contribution in [0.15, 0.2) is 28.2 Å². The standard InChI is InChI=1S/C19H24ClN3O2S/c1-12(2)11-23-18(25)15-10-14(20)6-7-16(15)21-19(23)26-13(3)17(24)22-8-4-5-9-22/h6-7,10,12-13H,4-5,8-9,11H2,1-3H3/t13-/m1/s1. The first-order chi connectivity index (χ1) is 12.4. The maximum Gasteiger partial charge on any atom is 0.262 e. The van der Waals surface area contributed by atoms with Crippen molar-refractivity contribution in [1.29, 1.82) is 0 Å². The summed E-state index contributed by atoms with van der Waals surface area (Å²) in [5.41, 5.74) is 0.511. The van der Waals surface area contributed by atoms with Gasteiger partial charge in [0.2, 0.25) is 5.91 Å². The van der Waals surface area contributed by atoms with Crippen LogP contribution in [0.3, 0.4) is 0 Å². The molecule has 26 heavy (non-hydrogen) atoms. The Bertz CT molecular complexity index is 875. The van der Waals surface area contributed by atoms with Crippen molar-refractivity contribution in [2.75, 3.05) is 13.1 Å². The molecule has 7 heteroatoms. The zero-order valence-corrected chi connectivity index (χ0v) is 16.9. The van der Waals surface area contributed by atoms with E-state index in [0.29, 0.717) is 27.6 Å². The minimum atomic E-state index is -0.275. The van der Waals surface area contributed by atoms with Crippen LogP contribution in [0.1, 0.15) is 33.6 Å². The van der Waals surface area contributed by atoms with E-state index >= 15 is 0 Å². The van der Waals surface area contributed by atoms with Gasteiger partial charge in [-0.1, -0.05) is 37.2 Å². The van der Waals surface area contributed by atoms with Crippen molar-refractivity contribution in [3.05, 3.63) is 33.6 Å². The van der Waals surface area contributed by atoms with Crippen LogP contribution in [0.2, 0.25) is 5.02 Å². The highest BCUT2D eigenvalue weighted by atomic mass is 35.5. The number of fused-ring (bicyclic) bond motifs is 1. The largest absolute Gasteiger partial charge is 0.342 e. The monoisotopic (exact) mass is 393 g/mol. The summed E-state index contributed by atoms with van der Waals surface area (Å²) in [7, 11) is 0. The van der Waals surface area contributed by atoms with Gasteiger partial charge in [0.05, 0.1) is 16.2 Å². The van der Waals surface area contributed by atoms with Gasteiger partial charge in [-0.25, -0.2) is 4.98 Å². The molecule has 3 rings (SSSR count). The fraction of sp³-hybridized carbons (Fsp3) is 0.526. The van der Waals surface area contributed by atoms with Crippen molar-refractivity contribution < 1.29 is 4.79 Å². The van der Waals surface area contributed by atoms with Gasteiger partial charge < -0.3 is 4.90 Å². The number of hydrogen-bond donors (Lipinski definition) is 0. The maximum atomic E-state index is 13.0. The van der Waals surface area contributed by atoms with Crippen molar-refractivity contribution >= 4 is 40.2 Å². The molecule has 5 nitrogen and oxygen atoms in total. The Morgan fingerprint density at radius 1 is 1.27 bits per heavy atom. The topological polar surface area (TPSA) is 55.2 Å². The van der Waals surface area contributed by atoms with E-state index in [1.807, 2.05) is 11.8 Å². The lowest BCUT2D eigenvalue weighted by Crippen LogP contribution is -2.35. The third kappa shape index (κ3) is 4.07. The second kappa shape index (κ2) is 8.01. The van der Waals surface area contributed by atoms with E-state index in [2.05, 4.69) is 18.8 Å². The molecule has 1 amide bonds. The van der Waals surface area contributed by atoms with Gasteiger partial charge in [-0.2, -0.15) is 0 Å². The zero-order valence-electron chi connectivity index (χ0n) is 15.4. The Hall–Kier alpha value is -1.53. The van der Waals surface area contributed by atoms with Crippen LogP contribution in [0, 0.1) is 5.92 Å². The van der Waals surface area contributed by atoms with E-state index in [1.54, 1.807) is 22.8 Å². The highest BCUT2D eigenvalue weighted by Gasteiger charge is 2.26. The van der Waals surface area contributed by atoms with Gasteiger partial charge in [0.1, 0.15) is 0 Å². The molecule has 0 aliphatic carbocycles.